The first-order chi connectivity index (χ1) is 11.4. The normalized spacial score (nSPS) is 11.0. The molecule has 0 atom stereocenters. The fraction of sp³-hybridized carbons (Fsp3) is 0.500. The summed E-state index contributed by atoms with van der Waals surface area (Å²) in [6.45, 7) is 9.48. The highest BCUT2D eigenvalue weighted by Crippen LogP contribution is 2.10. The lowest BCUT2D eigenvalue weighted by atomic mass is 10.1. The van der Waals surface area contributed by atoms with Crippen LogP contribution in [-0.2, 0) is 13.1 Å². The Kier molecular flexibility index (Phi) is 5.95. The Balaban J connectivity index is 2.21. The van der Waals surface area contributed by atoms with E-state index >= 15 is 0 Å². The van der Waals surface area contributed by atoms with Crippen LogP contribution in [0.5, 0.6) is 0 Å². The second-order valence-corrected chi connectivity index (χ2v) is 6.50. The zero-order valence-electron chi connectivity index (χ0n) is 14.9. The zero-order valence-corrected chi connectivity index (χ0v) is 14.9. The van der Waals surface area contributed by atoms with Crippen molar-refractivity contribution in [2.24, 2.45) is 5.92 Å². The van der Waals surface area contributed by atoms with Gasteiger partial charge in [-0.05, 0) is 37.3 Å². The van der Waals surface area contributed by atoms with Crippen molar-refractivity contribution in [3.05, 3.63) is 46.1 Å². The first-order valence-electron chi connectivity index (χ1n) is 8.46. The van der Waals surface area contributed by atoms with Crippen LogP contribution in [0.4, 0.5) is 5.69 Å². The largest absolute Gasteiger partial charge is 0.319 e. The molecule has 2 heterocycles. The fourth-order valence-electron chi connectivity index (χ4n) is 2.49. The van der Waals surface area contributed by atoms with Crippen molar-refractivity contribution in [2.75, 3.05) is 5.32 Å². The maximum Gasteiger partial charge on any atom is 0.263 e. The number of pyridine rings is 1. The maximum atomic E-state index is 12.6. The zero-order chi connectivity index (χ0) is 17.7. The lowest BCUT2D eigenvalue weighted by Gasteiger charge is -2.11. The predicted molar refractivity (Wildman–Crippen MR) is 95.4 cm³/mol. The highest BCUT2D eigenvalue weighted by Gasteiger charge is 2.16. The topological polar surface area (TPSA) is 68.9 Å². The molecule has 0 unspecified atom stereocenters. The first kappa shape index (κ1) is 18.0. The predicted octanol–water partition coefficient (Wildman–Crippen LogP) is 3.06. The smallest absolute Gasteiger partial charge is 0.263 e. The molecule has 6 nitrogen and oxygen atoms in total. The Bertz CT molecular complexity index is 759. The number of carbonyl (C=O) groups is 1. The van der Waals surface area contributed by atoms with Gasteiger partial charge in [0.2, 0.25) is 0 Å². The minimum atomic E-state index is -0.382. The fourth-order valence-corrected chi connectivity index (χ4v) is 2.49. The van der Waals surface area contributed by atoms with E-state index in [0.29, 0.717) is 23.7 Å². The van der Waals surface area contributed by atoms with Gasteiger partial charge in [0.1, 0.15) is 5.56 Å². The molecule has 0 bridgehead atoms. The number of nitrogens with one attached hydrogen (secondary N) is 1. The van der Waals surface area contributed by atoms with Gasteiger partial charge in [-0.25, -0.2) is 0 Å². The minimum absolute atomic E-state index is 0.199. The lowest BCUT2D eigenvalue weighted by Crippen LogP contribution is -2.30. The van der Waals surface area contributed by atoms with Crippen molar-refractivity contribution in [3.8, 4) is 0 Å². The Morgan fingerprint density at radius 2 is 2.08 bits per heavy atom. The number of aryl methyl sites for hydroxylation is 3. The van der Waals surface area contributed by atoms with Crippen molar-refractivity contribution in [1.82, 2.24) is 14.3 Å². The summed E-state index contributed by atoms with van der Waals surface area (Å²) < 4.78 is 3.39. The number of hydrogen-bond acceptors (Lipinski definition) is 3. The summed E-state index contributed by atoms with van der Waals surface area (Å²) in [4.78, 5) is 25.2. The summed E-state index contributed by atoms with van der Waals surface area (Å²) in [5, 5.41) is 6.96. The Morgan fingerprint density at radius 1 is 1.33 bits per heavy atom. The number of amides is 1. The average Bonchev–Trinajstić information content (AvgIpc) is 2.94. The van der Waals surface area contributed by atoms with Crippen LogP contribution in [0.1, 0.15) is 49.5 Å². The van der Waals surface area contributed by atoms with E-state index in [-0.39, 0.29) is 17.0 Å². The third kappa shape index (κ3) is 4.34. The van der Waals surface area contributed by atoms with Gasteiger partial charge >= 0.3 is 0 Å². The Morgan fingerprint density at radius 3 is 2.75 bits per heavy atom. The Labute approximate surface area is 142 Å². The van der Waals surface area contributed by atoms with Crippen molar-refractivity contribution in [1.29, 1.82) is 0 Å². The van der Waals surface area contributed by atoms with Gasteiger partial charge in [-0.3, -0.25) is 14.3 Å². The molecule has 0 saturated heterocycles. The van der Waals surface area contributed by atoms with E-state index in [4.69, 9.17) is 0 Å². The van der Waals surface area contributed by atoms with Crippen LogP contribution in [0.2, 0.25) is 0 Å². The molecular formula is C18H26N4O2. The van der Waals surface area contributed by atoms with Crippen LogP contribution < -0.4 is 10.9 Å². The molecule has 2 aromatic heterocycles. The first-order valence-corrected chi connectivity index (χ1v) is 8.46. The van der Waals surface area contributed by atoms with Crippen molar-refractivity contribution in [3.63, 3.8) is 0 Å². The van der Waals surface area contributed by atoms with E-state index in [1.165, 1.54) is 0 Å². The van der Waals surface area contributed by atoms with Crippen LogP contribution >= 0.6 is 0 Å². The third-order valence-electron chi connectivity index (χ3n) is 3.89. The second kappa shape index (κ2) is 7.95. The summed E-state index contributed by atoms with van der Waals surface area (Å²) in [5.41, 5.74) is 1.24. The van der Waals surface area contributed by atoms with Gasteiger partial charge in [0.05, 0.1) is 11.9 Å². The van der Waals surface area contributed by atoms with Crippen molar-refractivity contribution >= 4 is 11.6 Å². The lowest BCUT2D eigenvalue weighted by molar-refractivity contribution is 0.102. The summed E-state index contributed by atoms with van der Waals surface area (Å²) in [7, 11) is 0. The highest BCUT2D eigenvalue weighted by atomic mass is 16.2. The summed E-state index contributed by atoms with van der Waals surface area (Å²) in [5.74, 6) is 0.118. The molecular weight excluding hydrogens is 304 g/mol. The minimum Gasteiger partial charge on any atom is -0.319 e. The molecule has 24 heavy (non-hydrogen) atoms. The molecule has 0 aliphatic rings. The number of carbonyl (C=O) groups excluding carboxylic acids is 1. The molecule has 0 spiro atoms. The van der Waals surface area contributed by atoms with E-state index in [0.717, 1.165) is 19.4 Å². The number of hydrogen-bond donors (Lipinski definition) is 1. The van der Waals surface area contributed by atoms with E-state index in [2.05, 4.69) is 31.2 Å². The van der Waals surface area contributed by atoms with Gasteiger partial charge in [0.25, 0.3) is 11.5 Å². The standard InChI is InChI=1S/C18H26N4O2/c1-5-8-22-12-15(11-19-22)20-17(23)16-14(4)7-10-21(18(16)24)9-6-13(2)3/h7,10-13H,5-6,8-9H2,1-4H3,(H,20,23). The van der Waals surface area contributed by atoms with Crippen LogP contribution in [-0.4, -0.2) is 20.3 Å². The van der Waals surface area contributed by atoms with Crippen LogP contribution in [0.3, 0.4) is 0 Å². The molecule has 0 aromatic carbocycles. The monoisotopic (exact) mass is 330 g/mol. The molecule has 0 saturated carbocycles. The number of aromatic nitrogens is 3. The second-order valence-electron chi connectivity index (χ2n) is 6.50. The van der Waals surface area contributed by atoms with Crippen molar-refractivity contribution in [2.45, 2.75) is 53.6 Å². The molecule has 0 radical (unpaired) electrons. The number of rotatable bonds is 7. The molecule has 130 valence electrons. The quantitative estimate of drug-likeness (QED) is 0.848. The van der Waals surface area contributed by atoms with Gasteiger partial charge in [0.15, 0.2) is 0 Å². The third-order valence-corrected chi connectivity index (χ3v) is 3.89. The van der Waals surface area contributed by atoms with E-state index in [9.17, 15) is 9.59 Å². The molecule has 0 aliphatic heterocycles. The van der Waals surface area contributed by atoms with Gasteiger partial charge < -0.3 is 9.88 Å². The van der Waals surface area contributed by atoms with Gasteiger partial charge in [-0.15, -0.1) is 0 Å². The molecule has 0 fully saturated rings. The molecule has 1 amide bonds. The van der Waals surface area contributed by atoms with E-state index in [1.54, 1.807) is 34.8 Å². The number of nitrogens with zero attached hydrogens (tertiary/aromatic N) is 3. The molecule has 6 heteroatoms. The average molecular weight is 330 g/mol. The SMILES string of the molecule is CCCn1cc(NC(=O)c2c(C)ccn(CCC(C)C)c2=O)cn1. The van der Waals surface area contributed by atoms with E-state index in [1.807, 2.05) is 6.07 Å². The summed E-state index contributed by atoms with van der Waals surface area (Å²) >= 11 is 0. The van der Waals surface area contributed by atoms with Crippen LogP contribution in [0.15, 0.2) is 29.5 Å². The highest BCUT2D eigenvalue weighted by molar-refractivity contribution is 6.04. The van der Waals surface area contributed by atoms with Crippen LogP contribution in [0.25, 0.3) is 0 Å². The van der Waals surface area contributed by atoms with Gasteiger partial charge in [0, 0.05) is 25.5 Å². The van der Waals surface area contributed by atoms with Crippen molar-refractivity contribution < 1.29 is 4.79 Å². The molecule has 2 aromatic rings. The molecule has 2 rings (SSSR count). The number of anilines is 1. The maximum absolute atomic E-state index is 12.6. The van der Waals surface area contributed by atoms with Crippen LogP contribution in [0, 0.1) is 12.8 Å². The molecule has 0 aliphatic carbocycles. The Hall–Kier alpha value is -2.37. The van der Waals surface area contributed by atoms with Gasteiger partial charge in [-0.2, -0.15) is 5.10 Å². The molecule has 1 N–H and O–H groups in total. The van der Waals surface area contributed by atoms with Gasteiger partial charge in [-0.1, -0.05) is 20.8 Å². The summed E-state index contributed by atoms with van der Waals surface area (Å²) in [6, 6.07) is 1.82. The summed E-state index contributed by atoms with van der Waals surface area (Å²) in [6.07, 6.45) is 7.00. The van der Waals surface area contributed by atoms with E-state index < -0.39 is 0 Å².